The molecule has 1 aromatic rings. The van der Waals surface area contributed by atoms with Crippen LogP contribution in [0.4, 0.5) is 0 Å². The van der Waals surface area contributed by atoms with Gasteiger partial charge in [0, 0.05) is 19.9 Å². The van der Waals surface area contributed by atoms with E-state index in [1.807, 2.05) is 19.4 Å². The van der Waals surface area contributed by atoms with Gasteiger partial charge in [0.15, 0.2) is 0 Å². The molecule has 0 aliphatic heterocycles. The van der Waals surface area contributed by atoms with Gasteiger partial charge in [0.2, 0.25) is 0 Å². The fourth-order valence-electron chi connectivity index (χ4n) is 1.16. The average Bonchev–Trinajstić information content (AvgIpc) is 2.48. The van der Waals surface area contributed by atoms with Gasteiger partial charge in [0.25, 0.3) is 0 Å². The Bertz CT molecular complexity index is 266. The van der Waals surface area contributed by atoms with Crippen molar-refractivity contribution >= 4 is 0 Å². The number of rotatable bonds is 4. The number of hydrogen-bond donors (Lipinski definition) is 1. The molecule has 0 atom stereocenters. The van der Waals surface area contributed by atoms with Crippen molar-refractivity contribution in [3.8, 4) is 0 Å². The lowest BCUT2D eigenvalue weighted by Crippen LogP contribution is -2.17. The molecule has 0 fully saturated rings. The first kappa shape index (κ1) is 10.3. The fraction of sp³-hybridized carbons (Fsp3) is 0.700. The number of aromatic nitrogens is 2. The molecule has 0 saturated carbocycles. The molecule has 0 bridgehead atoms. The molecule has 0 spiro atoms. The van der Waals surface area contributed by atoms with Crippen molar-refractivity contribution in [3.05, 3.63) is 18.0 Å². The predicted molar refractivity (Wildman–Crippen MR) is 52.4 cm³/mol. The minimum Gasteiger partial charge on any atom is -0.396 e. The van der Waals surface area contributed by atoms with Crippen LogP contribution in [-0.2, 0) is 13.5 Å². The summed E-state index contributed by atoms with van der Waals surface area (Å²) in [6.45, 7) is 4.39. The predicted octanol–water partition coefficient (Wildman–Crippen LogP) is 1.37. The summed E-state index contributed by atoms with van der Waals surface area (Å²) in [5.41, 5.74) is 1.26. The first-order chi connectivity index (χ1) is 6.03. The zero-order chi connectivity index (χ0) is 9.90. The molecule has 1 heterocycles. The van der Waals surface area contributed by atoms with Crippen molar-refractivity contribution in [1.82, 2.24) is 9.78 Å². The highest BCUT2D eigenvalue weighted by atomic mass is 16.3. The van der Waals surface area contributed by atoms with E-state index in [9.17, 15) is 0 Å². The molecule has 0 amide bonds. The molecule has 1 aromatic heterocycles. The van der Waals surface area contributed by atoms with Crippen LogP contribution in [0.2, 0.25) is 0 Å². The van der Waals surface area contributed by atoms with Crippen LogP contribution in [0.1, 0.15) is 25.8 Å². The molecule has 0 aliphatic carbocycles. The number of aryl methyl sites for hydroxylation is 2. The Morgan fingerprint density at radius 3 is 2.69 bits per heavy atom. The molecule has 0 saturated heterocycles. The molecule has 3 nitrogen and oxygen atoms in total. The molecular weight excluding hydrogens is 164 g/mol. The summed E-state index contributed by atoms with van der Waals surface area (Å²) in [6, 6.07) is 0. The number of aliphatic hydroxyl groups is 1. The zero-order valence-corrected chi connectivity index (χ0v) is 8.62. The van der Waals surface area contributed by atoms with Gasteiger partial charge in [-0.3, -0.25) is 4.68 Å². The lowest BCUT2D eigenvalue weighted by atomic mass is 9.88. The summed E-state index contributed by atoms with van der Waals surface area (Å²) >= 11 is 0. The highest BCUT2D eigenvalue weighted by molar-refractivity contribution is 5.04. The van der Waals surface area contributed by atoms with E-state index in [-0.39, 0.29) is 12.0 Å². The van der Waals surface area contributed by atoms with Crippen molar-refractivity contribution in [1.29, 1.82) is 0 Å². The summed E-state index contributed by atoms with van der Waals surface area (Å²) in [5, 5.41) is 13.2. The van der Waals surface area contributed by atoms with Gasteiger partial charge in [-0.1, -0.05) is 13.8 Å². The third kappa shape index (κ3) is 3.19. The monoisotopic (exact) mass is 182 g/mol. The van der Waals surface area contributed by atoms with Gasteiger partial charge < -0.3 is 5.11 Å². The van der Waals surface area contributed by atoms with E-state index in [1.165, 1.54) is 5.56 Å². The highest BCUT2D eigenvalue weighted by Crippen LogP contribution is 2.21. The summed E-state index contributed by atoms with van der Waals surface area (Å²) in [7, 11) is 1.92. The maximum atomic E-state index is 9.06. The molecule has 0 aromatic carbocycles. The smallest absolute Gasteiger partial charge is 0.0521 e. The largest absolute Gasteiger partial charge is 0.396 e. The van der Waals surface area contributed by atoms with Crippen LogP contribution < -0.4 is 0 Å². The average molecular weight is 182 g/mol. The lowest BCUT2D eigenvalue weighted by Gasteiger charge is -2.20. The van der Waals surface area contributed by atoms with Crippen LogP contribution in [-0.4, -0.2) is 21.5 Å². The van der Waals surface area contributed by atoms with Gasteiger partial charge in [0.1, 0.15) is 0 Å². The molecular formula is C10H18N2O. The number of aliphatic hydroxyl groups excluding tert-OH is 1. The Morgan fingerprint density at radius 1 is 1.54 bits per heavy atom. The molecule has 74 valence electrons. The van der Waals surface area contributed by atoms with Crippen molar-refractivity contribution in [2.75, 3.05) is 6.61 Å². The number of hydrogen-bond acceptors (Lipinski definition) is 2. The summed E-state index contributed by atoms with van der Waals surface area (Å²) < 4.78 is 1.81. The SMILES string of the molecule is Cn1cc(CCC(C)(C)CO)cn1. The Labute approximate surface area is 79.4 Å². The van der Waals surface area contributed by atoms with Gasteiger partial charge in [-0.25, -0.2) is 0 Å². The Kier molecular flexibility index (Phi) is 3.09. The fourth-order valence-corrected chi connectivity index (χ4v) is 1.16. The molecule has 0 radical (unpaired) electrons. The summed E-state index contributed by atoms with van der Waals surface area (Å²) in [5.74, 6) is 0. The van der Waals surface area contributed by atoms with Crippen LogP contribution >= 0.6 is 0 Å². The van der Waals surface area contributed by atoms with Crippen LogP contribution in [0.3, 0.4) is 0 Å². The van der Waals surface area contributed by atoms with E-state index >= 15 is 0 Å². The van der Waals surface area contributed by atoms with Crippen molar-refractivity contribution in [3.63, 3.8) is 0 Å². The van der Waals surface area contributed by atoms with Crippen LogP contribution in [0.25, 0.3) is 0 Å². The van der Waals surface area contributed by atoms with E-state index < -0.39 is 0 Å². The lowest BCUT2D eigenvalue weighted by molar-refractivity contribution is 0.151. The maximum Gasteiger partial charge on any atom is 0.0521 e. The third-order valence-electron chi connectivity index (χ3n) is 2.28. The van der Waals surface area contributed by atoms with Gasteiger partial charge in [-0.15, -0.1) is 0 Å². The Balaban J connectivity index is 2.43. The van der Waals surface area contributed by atoms with Crippen LogP contribution in [0.15, 0.2) is 12.4 Å². The van der Waals surface area contributed by atoms with E-state index in [4.69, 9.17) is 5.11 Å². The second-order valence-corrected chi connectivity index (χ2v) is 4.34. The standard InChI is InChI=1S/C10H18N2O/c1-10(2,8-13)5-4-9-6-11-12(3)7-9/h6-7,13H,4-5,8H2,1-3H3. The normalized spacial score (nSPS) is 12.0. The van der Waals surface area contributed by atoms with Crippen molar-refractivity contribution < 1.29 is 5.11 Å². The van der Waals surface area contributed by atoms with Gasteiger partial charge >= 0.3 is 0 Å². The maximum absolute atomic E-state index is 9.06. The zero-order valence-electron chi connectivity index (χ0n) is 8.62. The summed E-state index contributed by atoms with van der Waals surface area (Å²) in [6.07, 6.45) is 5.89. The first-order valence-electron chi connectivity index (χ1n) is 4.62. The second-order valence-electron chi connectivity index (χ2n) is 4.34. The number of nitrogens with zero attached hydrogens (tertiary/aromatic N) is 2. The second kappa shape index (κ2) is 3.92. The topological polar surface area (TPSA) is 38.0 Å². The van der Waals surface area contributed by atoms with Crippen molar-refractivity contribution in [2.24, 2.45) is 12.5 Å². The van der Waals surface area contributed by atoms with E-state index in [2.05, 4.69) is 18.9 Å². The molecule has 1 N–H and O–H groups in total. The van der Waals surface area contributed by atoms with Crippen LogP contribution in [0.5, 0.6) is 0 Å². The first-order valence-corrected chi connectivity index (χ1v) is 4.62. The van der Waals surface area contributed by atoms with Gasteiger partial charge in [-0.2, -0.15) is 5.10 Å². The molecule has 3 heteroatoms. The Morgan fingerprint density at radius 2 is 2.23 bits per heavy atom. The van der Waals surface area contributed by atoms with E-state index in [0.29, 0.717) is 0 Å². The van der Waals surface area contributed by atoms with Gasteiger partial charge in [-0.05, 0) is 23.8 Å². The molecule has 0 aliphatic rings. The third-order valence-corrected chi connectivity index (χ3v) is 2.28. The van der Waals surface area contributed by atoms with Crippen LogP contribution in [0, 0.1) is 5.41 Å². The summed E-state index contributed by atoms with van der Waals surface area (Å²) in [4.78, 5) is 0. The molecule has 0 unspecified atom stereocenters. The Hall–Kier alpha value is -0.830. The van der Waals surface area contributed by atoms with E-state index in [1.54, 1.807) is 4.68 Å². The van der Waals surface area contributed by atoms with E-state index in [0.717, 1.165) is 12.8 Å². The minimum absolute atomic E-state index is 0.0237. The molecule has 13 heavy (non-hydrogen) atoms. The highest BCUT2D eigenvalue weighted by Gasteiger charge is 2.16. The molecule has 1 rings (SSSR count). The minimum atomic E-state index is 0.0237. The van der Waals surface area contributed by atoms with Gasteiger partial charge in [0.05, 0.1) is 6.20 Å². The quantitative estimate of drug-likeness (QED) is 0.763. The van der Waals surface area contributed by atoms with Crippen molar-refractivity contribution in [2.45, 2.75) is 26.7 Å².